The van der Waals surface area contributed by atoms with E-state index in [0.717, 1.165) is 4.90 Å². The Balaban J connectivity index is 2.31. The normalized spacial score (nSPS) is 18.7. The minimum atomic E-state index is -0.837. The first-order chi connectivity index (χ1) is 12.5. The van der Waals surface area contributed by atoms with Crippen molar-refractivity contribution in [2.45, 2.75) is 52.6 Å². The third-order valence-corrected chi connectivity index (χ3v) is 4.18. The number of hydrogen-bond donors (Lipinski definition) is 3. The topological polar surface area (TPSA) is 142 Å². The highest BCUT2D eigenvalue weighted by atomic mass is 16.2. The SMILES string of the molecule is CC(=O)[C@H](C)NC(=O)[C@H](C)NC(=O)CCNC(=O)CN1C(=O)CC(C)C1=O. The molecule has 10 nitrogen and oxygen atoms in total. The van der Waals surface area contributed by atoms with Gasteiger partial charge in [0.2, 0.25) is 29.5 Å². The van der Waals surface area contributed by atoms with Crippen LogP contribution in [0.5, 0.6) is 0 Å². The van der Waals surface area contributed by atoms with Crippen molar-refractivity contribution in [3.8, 4) is 0 Å². The predicted molar refractivity (Wildman–Crippen MR) is 94.0 cm³/mol. The highest BCUT2D eigenvalue weighted by Gasteiger charge is 2.36. The summed E-state index contributed by atoms with van der Waals surface area (Å²) in [6.07, 6.45) is 0.0145. The van der Waals surface area contributed by atoms with Gasteiger partial charge in [0.15, 0.2) is 5.78 Å². The molecule has 1 rings (SSSR count). The Morgan fingerprint density at radius 2 is 1.70 bits per heavy atom. The first kappa shape index (κ1) is 22.3. The highest BCUT2D eigenvalue weighted by Crippen LogP contribution is 2.17. The number of carbonyl (C=O) groups is 6. The van der Waals surface area contributed by atoms with Gasteiger partial charge in [0.05, 0.1) is 6.04 Å². The van der Waals surface area contributed by atoms with Crippen LogP contribution in [0.4, 0.5) is 0 Å². The lowest BCUT2D eigenvalue weighted by Gasteiger charge is -2.17. The van der Waals surface area contributed by atoms with Crippen molar-refractivity contribution in [1.82, 2.24) is 20.9 Å². The number of imide groups is 1. The van der Waals surface area contributed by atoms with Crippen LogP contribution >= 0.6 is 0 Å². The molecule has 1 aliphatic heterocycles. The molecule has 0 spiro atoms. The molecular weight excluding hydrogens is 356 g/mol. The van der Waals surface area contributed by atoms with Crippen molar-refractivity contribution in [3.05, 3.63) is 0 Å². The van der Waals surface area contributed by atoms with Crippen LogP contribution in [0.2, 0.25) is 0 Å². The van der Waals surface area contributed by atoms with E-state index in [1.807, 2.05) is 0 Å². The van der Waals surface area contributed by atoms with E-state index < -0.39 is 35.7 Å². The number of amides is 5. The zero-order valence-corrected chi connectivity index (χ0v) is 16.0. The summed E-state index contributed by atoms with van der Waals surface area (Å²) in [5.74, 6) is -2.89. The minimum Gasteiger partial charge on any atom is -0.354 e. The van der Waals surface area contributed by atoms with Crippen LogP contribution < -0.4 is 16.0 Å². The zero-order valence-electron chi connectivity index (χ0n) is 16.0. The molecule has 0 aliphatic carbocycles. The van der Waals surface area contributed by atoms with E-state index in [-0.39, 0.29) is 43.5 Å². The molecule has 1 fully saturated rings. The van der Waals surface area contributed by atoms with Gasteiger partial charge in [-0.3, -0.25) is 33.7 Å². The summed E-state index contributed by atoms with van der Waals surface area (Å²) in [7, 11) is 0. The van der Waals surface area contributed by atoms with Crippen molar-refractivity contribution in [2.24, 2.45) is 5.92 Å². The van der Waals surface area contributed by atoms with Crippen LogP contribution in [0.1, 0.15) is 40.5 Å². The minimum absolute atomic E-state index is 0.00533. The fourth-order valence-electron chi connectivity index (χ4n) is 2.35. The molecule has 1 aliphatic rings. The Morgan fingerprint density at radius 1 is 1.07 bits per heavy atom. The summed E-state index contributed by atoms with van der Waals surface area (Å²) in [4.78, 5) is 70.9. The van der Waals surface area contributed by atoms with Gasteiger partial charge >= 0.3 is 0 Å². The Hall–Kier alpha value is -2.78. The van der Waals surface area contributed by atoms with Crippen molar-refractivity contribution < 1.29 is 28.8 Å². The number of nitrogens with one attached hydrogen (secondary N) is 3. The lowest BCUT2D eigenvalue weighted by atomic mass is 10.1. The Kier molecular flexibility index (Phi) is 8.07. The van der Waals surface area contributed by atoms with Crippen molar-refractivity contribution in [3.63, 3.8) is 0 Å². The molecule has 0 aromatic rings. The number of carbonyl (C=O) groups excluding carboxylic acids is 6. The lowest BCUT2D eigenvalue weighted by molar-refractivity contribution is -0.143. The molecule has 10 heteroatoms. The quantitative estimate of drug-likeness (QED) is 0.414. The Labute approximate surface area is 157 Å². The second-order valence-corrected chi connectivity index (χ2v) is 6.65. The molecule has 150 valence electrons. The van der Waals surface area contributed by atoms with Crippen LogP contribution in [0, 0.1) is 5.92 Å². The standard InChI is InChI=1S/C17H26N4O6/c1-9-7-15(25)21(17(9)27)8-14(24)18-6-5-13(23)19-11(3)16(26)20-10(2)12(4)22/h9-11H,5-8H2,1-4H3,(H,18,24)(H,19,23)(H,20,26)/t9?,10-,11-/m0/s1. The molecule has 0 saturated carbocycles. The van der Waals surface area contributed by atoms with E-state index in [9.17, 15) is 28.8 Å². The van der Waals surface area contributed by atoms with E-state index in [4.69, 9.17) is 0 Å². The van der Waals surface area contributed by atoms with Gasteiger partial charge in [0.25, 0.3) is 0 Å². The van der Waals surface area contributed by atoms with Gasteiger partial charge in [0, 0.05) is 25.3 Å². The van der Waals surface area contributed by atoms with Gasteiger partial charge in [-0.15, -0.1) is 0 Å². The second kappa shape index (κ2) is 9.79. The van der Waals surface area contributed by atoms with E-state index in [1.54, 1.807) is 13.8 Å². The van der Waals surface area contributed by atoms with Gasteiger partial charge < -0.3 is 16.0 Å². The number of likely N-dealkylation sites (tertiary alicyclic amines) is 1. The molecule has 5 amide bonds. The molecule has 3 atom stereocenters. The summed E-state index contributed by atoms with van der Waals surface area (Å²) < 4.78 is 0. The third kappa shape index (κ3) is 6.80. The third-order valence-electron chi connectivity index (χ3n) is 4.18. The Morgan fingerprint density at radius 3 is 2.22 bits per heavy atom. The predicted octanol–water partition coefficient (Wildman–Crippen LogP) is -1.51. The summed E-state index contributed by atoms with van der Waals surface area (Å²) in [6.45, 7) is 5.61. The molecule has 0 aromatic carbocycles. The van der Waals surface area contributed by atoms with Gasteiger partial charge in [0.1, 0.15) is 12.6 Å². The Bertz CT molecular complexity index is 647. The molecule has 27 heavy (non-hydrogen) atoms. The second-order valence-electron chi connectivity index (χ2n) is 6.65. The number of hydrogen-bond acceptors (Lipinski definition) is 6. The van der Waals surface area contributed by atoms with Crippen LogP contribution in [0.15, 0.2) is 0 Å². The monoisotopic (exact) mass is 382 g/mol. The van der Waals surface area contributed by atoms with Crippen molar-refractivity contribution in [1.29, 1.82) is 0 Å². The molecule has 0 radical (unpaired) electrons. The molecular formula is C17H26N4O6. The maximum absolute atomic E-state index is 11.8. The van der Waals surface area contributed by atoms with Gasteiger partial charge in [-0.1, -0.05) is 6.92 Å². The largest absolute Gasteiger partial charge is 0.354 e. The average Bonchev–Trinajstić information content (AvgIpc) is 2.80. The first-order valence-corrected chi connectivity index (χ1v) is 8.74. The smallest absolute Gasteiger partial charge is 0.242 e. The maximum Gasteiger partial charge on any atom is 0.242 e. The van der Waals surface area contributed by atoms with Crippen LogP contribution in [0.3, 0.4) is 0 Å². The van der Waals surface area contributed by atoms with Crippen LogP contribution in [-0.4, -0.2) is 65.4 Å². The maximum atomic E-state index is 11.8. The van der Waals surface area contributed by atoms with Crippen molar-refractivity contribution in [2.75, 3.05) is 13.1 Å². The lowest BCUT2D eigenvalue weighted by Crippen LogP contribution is -2.49. The van der Waals surface area contributed by atoms with Gasteiger partial charge in [-0.25, -0.2) is 0 Å². The van der Waals surface area contributed by atoms with Gasteiger partial charge in [-0.2, -0.15) is 0 Å². The summed E-state index contributed by atoms with van der Waals surface area (Å²) in [5.41, 5.74) is 0. The molecule has 0 bridgehead atoms. The average molecular weight is 382 g/mol. The number of Topliss-reactive ketones (excluding diaryl/α,β-unsaturated/α-hetero) is 1. The molecule has 1 heterocycles. The fraction of sp³-hybridized carbons (Fsp3) is 0.647. The summed E-state index contributed by atoms with van der Waals surface area (Å²) in [6, 6.07) is -1.48. The highest BCUT2D eigenvalue weighted by molar-refractivity contribution is 6.05. The van der Waals surface area contributed by atoms with E-state index in [0.29, 0.717) is 0 Å². The molecule has 3 N–H and O–H groups in total. The summed E-state index contributed by atoms with van der Waals surface area (Å²) >= 11 is 0. The van der Waals surface area contributed by atoms with Gasteiger partial charge in [-0.05, 0) is 20.8 Å². The van der Waals surface area contributed by atoms with Crippen LogP contribution in [0.25, 0.3) is 0 Å². The van der Waals surface area contributed by atoms with E-state index in [2.05, 4.69) is 16.0 Å². The summed E-state index contributed by atoms with van der Waals surface area (Å²) in [5, 5.41) is 7.38. The molecule has 0 aromatic heterocycles. The molecule has 1 saturated heterocycles. The van der Waals surface area contributed by atoms with Crippen LogP contribution in [-0.2, 0) is 28.8 Å². The number of ketones is 1. The molecule has 1 unspecified atom stereocenters. The fourth-order valence-corrected chi connectivity index (χ4v) is 2.35. The van der Waals surface area contributed by atoms with Crippen molar-refractivity contribution >= 4 is 35.3 Å². The number of rotatable bonds is 9. The zero-order chi connectivity index (χ0) is 20.7. The van der Waals surface area contributed by atoms with E-state index in [1.165, 1.54) is 13.8 Å². The van der Waals surface area contributed by atoms with E-state index >= 15 is 0 Å². The number of nitrogens with zero attached hydrogens (tertiary/aromatic N) is 1. The first-order valence-electron chi connectivity index (χ1n) is 8.74.